The topological polar surface area (TPSA) is 42.7 Å². The second-order valence-corrected chi connectivity index (χ2v) is 4.58. The van der Waals surface area contributed by atoms with E-state index in [1.54, 1.807) is 0 Å². The largest absolute Gasteiger partial charge is 0.309 e. The summed E-state index contributed by atoms with van der Waals surface area (Å²) in [5, 5.41) is 7.91. The van der Waals surface area contributed by atoms with Crippen LogP contribution in [-0.2, 0) is 13.0 Å². The molecule has 4 heteroatoms. The van der Waals surface area contributed by atoms with Gasteiger partial charge >= 0.3 is 0 Å². The van der Waals surface area contributed by atoms with E-state index in [1.807, 2.05) is 18.6 Å². The van der Waals surface area contributed by atoms with Crippen molar-refractivity contribution in [2.45, 2.75) is 39.3 Å². The van der Waals surface area contributed by atoms with Crippen LogP contribution >= 0.6 is 0 Å². The third-order valence-electron chi connectivity index (χ3n) is 3.33. The molecule has 0 saturated carbocycles. The molecule has 0 bridgehead atoms. The molecule has 0 fully saturated rings. The molecule has 19 heavy (non-hydrogen) atoms. The highest BCUT2D eigenvalue weighted by atomic mass is 15.3. The highest BCUT2D eigenvalue weighted by Crippen LogP contribution is 2.19. The van der Waals surface area contributed by atoms with E-state index in [4.69, 9.17) is 0 Å². The quantitative estimate of drug-likeness (QED) is 0.830. The standard InChI is InChI=1S/C15H22N4/c1-3-17-14(15-9-12-18-19(15)4-2)6-5-13-7-10-16-11-8-13/h7-12,14,17H,3-6H2,1-2H3. The summed E-state index contributed by atoms with van der Waals surface area (Å²) in [6.07, 6.45) is 7.72. The molecule has 0 aliphatic carbocycles. The summed E-state index contributed by atoms with van der Waals surface area (Å²) in [6.45, 7) is 6.16. The fourth-order valence-corrected chi connectivity index (χ4v) is 2.36. The maximum absolute atomic E-state index is 4.36. The lowest BCUT2D eigenvalue weighted by Crippen LogP contribution is -2.24. The van der Waals surface area contributed by atoms with E-state index >= 15 is 0 Å². The van der Waals surface area contributed by atoms with Crippen LogP contribution in [0.4, 0.5) is 0 Å². The highest BCUT2D eigenvalue weighted by Gasteiger charge is 2.14. The molecule has 1 atom stereocenters. The van der Waals surface area contributed by atoms with Crippen LogP contribution in [0.5, 0.6) is 0 Å². The molecule has 0 saturated heterocycles. The molecular formula is C15H22N4. The summed E-state index contributed by atoms with van der Waals surface area (Å²) in [5.41, 5.74) is 2.61. The van der Waals surface area contributed by atoms with Crippen LogP contribution in [-0.4, -0.2) is 21.3 Å². The van der Waals surface area contributed by atoms with Crippen molar-refractivity contribution in [1.29, 1.82) is 0 Å². The van der Waals surface area contributed by atoms with Gasteiger partial charge in [0.05, 0.1) is 5.69 Å². The average molecular weight is 258 g/mol. The van der Waals surface area contributed by atoms with E-state index in [0.29, 0.717) is 6.04 Å². The Morgan fingerprint density at radius 2 is 1.95 bits per heavy atom. The lowest BCUT2D eigenvalue weighted by Gasteiger charge is -2.19. The molecule has 2 aromatic rings. The zero-order valence-corrected chi connectivity index (χ0v) is 11.7. The van der Waals surface area contributed by atoms with Gasteiger partial charge in [0.15, 0.2) is 0 Å². The minimum atomic E-state index is 0.362. The number of nitrogens with one attached hydrogen (secondary N) is 1. The first kappa shape index (κ1) is 13.7. The van der Waals surface area contributed by atoms with Crippen molar-refractivity contribution >= 4 is 0 Å². The van der Waals surface area contributed by atoms with E-state index in [1.165, 1.54) is 11.3 Å². The molecule has 1 unspecified atom stereocenters. The minimum Gasteiger partial charge on any atom is -0.309 e. The van der Waals surface area contributed by atoms with Gasteiger partial charge < -0.3 is 5.32 Å². The Kier molecular flexibility index (Phi) is 5.10. The molecule has 2 rings (SSSR count). The molecule has 1 N–H and O–H groups in total. The number of aromatic nitrogens is 3. The second kappa shape index (κ2) is 7.04. The van der Waals surface area contributed by atoms with Crippen LogP contribution in [0.3, 0.4) is 0 Å². The van der Waals surface area contributed by atoms with Crippen LogP contribution < -0.4 is 5.32 Å². The van der Waals surface area contributed by atoms with Crippen molar-refractivity contribution in [3.63, 3.8) is 0 Å². The highest BCUT2D eigenvalue weighted by molar-refractivity contribution is 5.12. The van der Waals surface area contributed by atoms with Gasteiger partial charge in [-0.25, -0.2) is 0 Å². The minimum absolute atomic E-state index is 0.362. The van der Waals surface area contributed by atoms with E-state index in [-0.39, 0.29) is 0 Å². The summed E-state index contributed by atoms with van der Waals surface area (Å²) in [6, 6.07) is 6.64. The van der Waals surface area contributed by atoms with Crippen LogP contribution in [0.15, 0.2) is 36.8 Å². The molecule has 0 amide bonds. The Labute approximate surface area is 114 Å². The van der Waals surface area contributed by atoms with Crippen LogP contribution in [0.1, 0.15) is 37.6 Å². The van der Waals surface area contributed by atoms with Gasteiger partial charge in [-0.15, -0.1) is 0 Å². The molecule has 0 aliphatic heterocycles. The maximum atomic E-state index is 4.36. The number of aryl methyl sites for hydroxylation is 2. The van der Waals surface area contributed by atoms with Crippen molar-refractivity contribution < 1.29 is 0 Å². The van der Waals surface area contributed by atoms with E-state index in [0.717, 1.165) is 25.9 Å². The molecule has 4 nitrogen and oxygen atoms in total. The average Bonchev–Trinajstić information content (AvgIpc) is 2.93. The lowest BCUT2D eigenvalue weighted by atomic mass is 10.0. The zero-order chi connectivity index (χ0) is 13.5. The summed E-state index contributed by atoms with van der Waals surface area (Å²) >= 11 is 0. The van der Waals surface area contributed by atoms with Gasteiger partial charge in [-0.2, -0.15) is 5.10 Å². The Morgan fingerprint density at radius 3 is 2.63 bits per heavy atom. The van der Waals surface area contributed by atoms with E-state index in [2.05, 4.69) is 52.1 Å². The smallest absolute Gasteiger partial charge is 0.0553 e. The Balaban J connectivity index is 2.04. The fraction of sp³-hybridized carbons (Fsp3) is 0.467. The van der Waals surface area contributed by atoms with Gasteiger partial charge in [0.1, 0.15) is 0 Å². The molecule has 0 aliphatic rings. The summed E-state index contributed by atoms with van der Waals surface area (Å²) in [5.74, 6) is 0. The number of rotatable bonds is 7. The maximum Gasteiger partial charge on any atom is 0.0553 e. The molecule has 102 valence electrons. The predicted molar refractivity (Wildman–Crippen MR) is 76.9 cm³/mol. The SMILES string of the molecule is CCNC(CCc1ccncc1)c1ccnn1CC. The zero-order valence-electron chi connectivity index (χ0n) is 11.7. The van der Waals surface area contributed by atoms with Crippen molar-refractivity contribution in [3.05, 3.63) is 48.0 Å². The van der Waals surface area contributed by atoms with E-state index in [9.17, 15) is 0 Å². The van der Waals surface area contributed by atoms with Crippen molar-refractivity contribution in [2.75, 3.05) is 6.54 Å². The molecule has 2 aromatic heterocycles. The fourth-order valence-electron chi connectivity index (χ4n) is 2.36. The van der Waals surface area contributed by atoms with Gasteiger partial charge in [-0.1, -0.05) is 6.92 Å². The van der Waals surface area contributed by atoms with Gasteiger partial charge in [0.2, 0.25) is 0 Å². The summed E-state index contributed by atoms with van der Waals surface area (Å²) < 4.78 is 2.07. The van der Waals surface area contributed by atoms with Crippen LogP contribution in [0.25, 0.3) is 0 Å². The van der Waals surface area contributed by atoms with Crippen LogP contribution in [0, 0.1) is 0 Å². The predicted octanol–water partition coefficient (Wildman–Crippen LogP) is 2.58. The molecule has 0 aromatic carbocycles. The Bertz CT molecular complexity index is 478. The molecule has 2 heterocycles. The number of pyridine rings is 1. The first-order valence-corrected chi connectivity index (χ1v) is 6.99. The van der Waals surface area contributed by atoms with Crippen molar-refractivity contribution in [1.82, 2.24) is 20.1 Å². The third kappa shape index (κ3) is 3.64. The third-order valence-corrected chi connectivity index (χ3v) is 3.33. The normalized spacial score (nSPS) is 12.5. The first-order valence-electron chi connectivity index (χ1n) is 6.99. The summed E-state index contributed by atoms with van der Waals surface area (Å²) in [4.78, 5) is 4.06. The van der Waals surface area contributed by atoms with Crippen LogP contribution in [0.2, 0.25) is 0 Å². The molecular weight excluding hydrogens is 236 g/mol. The van der Waals surface area contributed by atoms with Crippen molar-refractivity contribution in [3.8, 4) is 0 Å². The van der Waals surface area contributed by atoms with Gasteiger partial charge in [0.25, 0.3) is 0 Å². The second-order valence-electron chi connectivity index (χ2n) is 4.58. The first-order chi connectivity index (χ1) is 9.35. The van der Waals surface area contributed by atoms with E-state index < -0.39 is 0 Å². The Morgan fingerprint density at radius 1 is 1.16 bits per heavy atom. The summed E-state index contributed by atoms with van der Waals surface area (Å²) in [7, 11) is 0. The molecule has 0 spiro atoms. The number of nitrogens with zero attached hydrogens (tertiary/aromatic N) is 3. The number of hydrogen-bond acceptors (Lipinski definition) is 3. The monoisotopic (exact) mass is 258 g/mol. The van der Waals surface area contributed by atoms with Gasteiger partial charge in [-0.3, -0.25) is 9.67 Å². The Hall–Kier alpha value is -1.68. The van der Waals surface area contributed by atoms with Gasteiger partial charge in [0, 0.05) is 31.2 Å². The lowest BCUT2D eigenvalue weighted by molar-refractivity contribution is 0.467. The number of hydrogen-bond donors (Lipinski definition) is 1. The van der Waals surface area contributed by atoms with Crippen molar-refractivity contribution in [2.24, 2.45) is 0 Å². The molecule has 0 radical (unpaired) electrons. The van der Waals surface area contributed by atoms with Gasteiger partial charge in [-0.05, 0) is 50.1 Å².